The van der Waals surface area contributed by atoms with Crippen molar-refractivity contribution < 1.29 is 4.79 Å². The molecule has 2 aliphatic heterocycles. The summed E-state index contributed by atoms with van der Waals surface area (Å²) in [5.74, 6) is 1.58. The molecule has 3 fully saturated rings. The van der Waals surface area contributed by atoms with E-state index in [0.29, 0.717) is 11.2 Å². The van der Waals surface area contributed by atoms with E-state index in [-0.39, 0.29) is 11.7 Å². The highest BCUT2D eigenvalue weighted by Gasteiger charge is 2.59. The van der Waals surface area contributed by atoms with E-state index in [0.717, 1.165) is 19.4 Å². The molecule has 1 amide bonds. The van der Waals surface area contributed by atoms with Gasteiger partial charge in [-0.2, -0.15) is 11.8 Å². The first-order chi connectivity index (χ1) is 10.2. The van der Waals surface area contributed by atoms with Crippen LogP contribution in [0.15, 0.2) is 24.3 Å². The molecule has 4 rings (SSSR count). The number of benzene rings is 1. The van der Waals surface area contributed by atoms with Crippen LogP contribution in [0.25, 0.3) is 0 Å². The number of carbonyl (C=O) groups is 1. The molecule has 2 atom stereocenters. The van der Waals surface area contributed by atoms with Crippen LogP contribution >= 0.6 is 11.8 Å². The van der Waals surface area contributed by atoms with Crippen molar-refractivity contribution in [3.63, 3.8) is 0 Å². The van der Waals surface area contributed by atoms with Crippen LogP contribution in [-0.4, -0.2) is 33.9 Å². The van der Waals surface area contributed by atoms with Crippen LogP contribution in [0, 0.1) is 6.92 Å². The molecular formula is C17H22N2OS. The third kappa shape index (κ3) is 2.38. The Balaban J connectivity index is 1.60. The Kier molecular flexibility index (Phi) is 3.27. The summed E-state index contributed by atoms with van der Waals surface area (Å²) in [6.07, 6.45) is 4.62. The van der Waals surface area contributed by atoms with Gasteiger partial charge >= 0.3 is 0 Å². The van der Waals surface area contributed by atoms with Crippen molar-refractivity contribution in [3.05, 3.63) is 35.4 Å². The van der Waals surface area contributed by atoms with E-state index < -0.39 is 0 Å². The van der Waals surface area contributed by atoms with Crippen molar-refractivity contribution in [2.45, 2.75) is 49.6 Å². The Morgan fingerprint density at radius 1 is 1.33 bits per heavy atom. The number of nitrogens with zero attached hydrogens (tertiary/aromatic N) is 1. The summed E-state index contributed by atoms with van der Waals surface area (Å²) in [6.45, 7) is 3.00. The van der Waals surface area contributed by atoms with Crippen LogP contribution in [0.4, 0.5) is 0 Å². The van der Waals surface area contributed by atoms with Crippen molar-refractivity contribution in [2.75, 3.05) is 12.3 Å². The Morgan fingerprint density at radius 2 is 2.10 bits per heavy atom. The van der Waals surface area contributed by atoms with Crippen molar-refractivity contribution >= 4 is 17.7 Å². The second kappa shape index (κ2) is 5.03. The zero-order valence-corrected chi connectivity index (χ0v) is 13.3. The molecule has 1 N–H and O–H groups in total. The van der Waals surface area contributed by atoms with Crippen LogP contribution in [0.1, 0.15) is 43.0 Å². The average Bonchev–Trinajstić information content (AvgIpc) is 2.99. The lowest BCUT2D eigenvalue weighted by atomic mass is 10.1. The summed E-state index contributed by atoms with van der Waals surface area (Å²) in [4.78, 5) is 14.9. The molecule has 0 aromatic heterocycles. The fourth-order valence-corrected chi connectivity index (χ4v) is 4.75. The first-order valence-corrected chi connectivity index (χ1v) is 9.00. The van der Waals surface area contributed by atoms with Crippen molar-refractivity contribution in [3.8, 4) is 0 Å². The van der Waals surface area contributed by atoms with E-state index in [9.17, 15) is 4.79 Å². The van der Waals surface area contributed by atoms with E-state index >= 15 is 0 Å². The van der Waals surface area contributed by atoms with E-state index in [2.05, 4.69) is 41.4 Å². The van der Waals surface area contributed by atoms with Gasteiger partial charge in [0.15, 0.2) is 0 Å². The number of hydrogen-bond donors (Lipinski definition) is 1. The van der Waals surface area contributed by atoms with Crippen LogP contribution in [0.5, 0.6) is 0 Å². The minimum Gasteiger partial charge on any atom is -0.320 e. The van der Waals surface area contributed by atoms with Gasteiger partial charge in [0.25, 0.3) is 0 Å². The molecule has 21 heavy (non-hydrogen) atoms. The minimum atomic E-state index is -0.223. The smallest absolute Gasteiger partial charge is 0.244 e. The van der Waals surface area contributed by atoms with Gasteiger partial charge < -0.3 is 4.90 Å². The molecule has 3 aliphatic rings. The number of amides is 1. The first kappa shape index (κ1) is 13.6. The molecule has 1 aromatic rings. The van der Waals surface area contributed by atoms with Gasteiger partial charge in [-0.25, -0.2) is 0 Å². The predicted molar refractivity (Wildman–Crippen MR) is 86.2 cm³/mol. The van der Waals surface area contributed by atoms with E-state index in [1.54, 1.807) is 0 Å². The van der Waals surface area contributed by atoms with Gasteiger partial charge in [-0.15, -0.1) is 0 Å². The molecule has 112 valence electrons. The maximum Gasteiger partial charge on any atom is 0.244 e. The number of aryl methyl sites for hydroxylation is 1. The third-order valence-electron chi connectivity index (χ3n) is 4.96. The summed E-state index contributed by atoms with van der Waals surface area (Å²) < 4.78 is 0. The molecule has 1 aliphatic carbocycles. The standard InChI is InChI=1S/C17H22N2OS/c1-12-4-6-13(7-5-12)15-18-17(8-9-17)16(20)19(15)11-14-3-2-10-21-14/h4-7,14-15,18H,2-3,8-11H2,1H3. The molecule has 1 saturated carbocycles. The zero-order valence-electron chi connectivity index (χ0n) is 12.5. The largest absolute Gasteiger partial charge is 0.320 e. The van der Waals surface area contributed by atoms with Gasteiger partial charge in [-0.1, -0.05) is 29.8 Å². The monoisotopic (exact) mass is 302 g/mol. The molecular weight excluding hydrogens is 280 g/mol. The zero-order chi connectivity index (χ0) is 14.4. The first-order valence-electron chi connectivity index (χ1n) is 7.95. The Morgan fingerprint density at radius 3 is 2.71 bits per heavy atom. The van der Waals surface area contributed by atoms with Gasteiger partial charge in [0.2, 0.25) is 5.91 Å². The summed E-state index contributed by atoms with van der Waals surface area (Å²) in [7, 11) is 0. The van der Waals surface area contributed by atoms with Crippen LogP contribution in [0.2, 0.25) is 0 Å². The van der Waals surface area contributed by atoms with Gasteiger partial charge in [-0.3, -0.25) is 10.1 Å². The van der Waals surface area contributed by atoms with E-state index in [4.69, 9.17) is 0 Å². The molecule has 2 unspecified atom stereocenters. The topological polar surface area (TPSA) is 32.3 Å². The van der Waals surface area contributed by atoms with E-state index in [1.165, 1.54) is 29.7 Å². The summed E-state index contributed by atoms with van der Waals surface area (Å²) in [5.41, 5.74) is 2.27. The van der Waals surface area contributed by atoms with Crippen molar-refractivity contribution in [1.29, 1.82) is 0 Å². The Bertz CT molecular complexity index is 546. The van der Waals surface area contributed by atoms with Gasteiger partial charge in [0, 0.05) is 11.8 Å². The molecule has 1 aromatic carbocycles. The van der Waals surface area contributed by atoms with Gasteiger partial charge in [0.1, 0.15) is 11.7 Å². The highest BCUT2D eigenvalue weighted by molar-refractivity contribution is 8.00. The van der Waals surface area contributed by atoms with Gasteiger partial charge in [-0.05, 0) is 43.9 Å². The minimum absolute atomic E-state index is 0.0711. The van der Waals surface area contributed by atoms with Crippen molar-refractivity contribution in [1.82, 2.24) is 10.2 Å². The quantitative estimate of drug-likeness (QED) is 0.932. The average molecular weight is 302 g/mol. The summed E-state index contributed by atoms with van der Waals surface area (Å²) in [6, 6.07) is 8.61. The van der Waals surface area contributed by atoms with Crippen LogP contribution < -0.4 is 5.32 Å². The number of nitrogens with one attached hydrogen (secondary N) is 1. The van der Waals surface area contributed by atoms with Gasteiger partial charge in [0.05, 0.1) is 0 Å². The lowest BCUT2D eigenvalue weighted by molar-refractivity contribution is -0.130. The third-order valence-corrected chi connectivity index (χ3v) is 6.34. The molecule has 2 heterocycles. The molecule has 3 nitrogen and oxygen atoms in total. The number of hydrogen-bond acceptors (Lipinski definition) is 3. The Labute approximate surface area is 130 Å². The maximum absolute atomic E-state index is 12.8. The van der Waals surface area contributed by atoms with Crippen molar-refractivity contribution in [2.24, 2.45) is 0 Å². The molecule has 0 bridgehead atoms. The summed E-state index contributed by atoms with van der Waals surface area (Å²) in [5, 5.41) is 4.24. The van der Waals surface area contributed by atoms with E-state index in [1.807, 2.05) is 11.8 Å². The van der Waals surface area contributed by atoms with Crippen LogP contribution in [0.3, 0.4) is 0 Å². The molecule has 1 spiro atoms. The maximum atomic E-state index is 12.8. The predicted octanol–water partition coefficient (Wildman–Crippen LogP) is 2.85. The number of thioether (sulfide) groups is 1. The second-order valence-corrected chi connectivity index (χ2v) is 8.04. The lowest BCUT2D eigenvalue weighted by Crippen LogP contribution is -2.36. The molecule has 0 radical (unpaired) electrons. The Hall–Kier alpha value is -1.00. The SMILES string of the molecule is Cc1ccc(C2NC3(CC3)C(=O)N2CC2CCCS2)cc1. The lowest BCUT2D eigenvalue weighted by Gasteiger charge is -2.27. The highest BCUT2D eigenvalue weighted by atomic mass is 32.2. The molecule has 2 saturated heterocycles. The number of rotatable bonds is 3. The fourth-order valence-electron chi connectivity index (χ4n) is 3.48. The fraction of sp³-hybridized carbons (Fsp3) is 0.588. The second-order valence-electron chi connectivity index (χ2n) is 6.63. The number of carbonyl (C=O) groups excluding carboxylic acids is 1. The normalized spacial score (nSPS) is 30.3. The highest BCUT2D eigenvalue weighted by Crippen LogP contribution is 2.46. The van der Waals surface area contributed by atoms with Crippen LogP contribution in [-0.2, 0) is 4.79 Å². The molecule has 4 heteroatoms. The summed E-state index contributed by atoms with van der Waals surface area (Å²) >= 11 is 2.03.